The van der Waals surface area contributed by atoms with Crippen molar-refractivity contribution in [1.82, 2.24) is 19.7 Å². The molecule has 0 saturated carbocycles. The Hall–Kier alpha value is -1.44. The quantitative estimate of drug-likeness (QED) is 0.746. The van der Waals surface area contributed by atoms with E-state index in [2.05, 4.69) is 10.2 Å². The Labute approximate surface area is 87.5 Å². The summed E-state index contributed by atoms with van der Waals surface area (Å²) in [6.07, 6.45) is 1.23. The third-order valence-electron chi connectivity index (χ3n) is 1.68. The molecule has 1 amide bonds. The highest BCUT2D eigenvalue weighted by atomic mass is 32.2. The smallest absolute Gasteiger partial charge is 0.266 e. The van der Waals surface area contributed by atoms with E-state index in [1.54, 1.807) is 0 Å². The number of carbonyl (C=O) groups excluding carboxylic acids is 1. The van der Waals surface area contributed by atoms with Gasteiger partial charge in [-0.3, -0.25) is 4.79 Å². The van der Waals surface area contributed by atoms with Crippen LogP contribution in [0.4, 0.5) is 0 Å². The standard InChI is InChI=1S/C7H12N4O3S/c1-3-11-8-5-6(9-11)7(12)10-15(13,14)4-2/h5H,3-4H2,1-2H3,(H,10,12). The average molecular weight is 232 g/mol. The molecule has 0 fully saturated rings. The maximum atomic E-state index is 11.3. The van der Waals surface area contributed by atoms with Crippen LogP contribution < -0.4 is 4.72 Å². The summed E-state index contributed by atoms with van der Waals surface area (Å²) in [4.78, 5) is 12.6. The molecule has 0 radical (unpaired) electrons. The highest BCUT2D eigenvalue weighted by Crippen LogP contribution is 1.94. The lowest BCUT2D eigenvalue weighted by Crippen LogP contribution is -2.32. The number of aryl methyl sites for hydroxylation is 1. The van der Waals surface area contributed by atoms with Gasteiger partial charge in [-0.25, -0.2) is 13.1 Å². The topological polar surface area (TPSA) is 94.0 Å². The van der Waals surface area contributed by atoms with E-state index in [1.807, 2.05) is 11.6 Å². The van der Waals surface area contributed by atoms with Gasteiger partial charge in [0.1, 0.15) is 0 Å². The number of sulfonamides is 1. The van der Waals surface area contributed by atoms with Crippen LogP contribution in [0.15, 0.2) is 6.20 Å². The van der Waals surface area contributed by atoms with Gasteiger partial charge in [-0.2, -0.15) is 9.90 Å². The molecule has 0 spiro atoms. The monoisotopic (exact) mass is 232 g/mol. The van der Waals surface area contributed by atoms with E-state index >= 15 is 0 Å². The highest BCUT2D eigenvalue weighted by Gasteiger charge is 2.16. The van der Waals surface area contributed by atoms with Gasteiger partial charge in [-0.1, -0.05) is 0 Å². The fourth-order valence-electron chi connectivity index (χ4n) is 0.819. The number of nitrogens with zero attached hydrogens (tertiary/aromatic N) is 3. The van der Waals surface area contributed by atoms with E-state index in [9.17, 15) is 13.2 Å². The van der Waals surface area contributed by atoms with Crippen LogP contribution in [0.25, 0.3) is 0 Å². The molecule has 0 saturated heterocycles. The van der Waals surface area contributed by atoms with Gasteiger partial charge in [0, 0.05) is 0 Å². The summed E-state index contributed by atoms with van der Waals surface area (Å²) >= 11 is 0. The van der Waals surface area contributed by atoms with Gasteiger partial charge in [-0.15, -0.1) is 5.10 Å². The molecule has 1 aromatic heterocycles. The number of hydrogen-bond donors (Lipinski definition) is 1. The molecule has 1 aromatic rings. The molecular weight excluding hydrogens is 220 g/mol. The molecule has 0 unspecified atom stereocenters. The van der Waals surface area contributed by atoms with Gasteiger partial charge in [0.05, 0.1) is 18.5 Å². The van der Waals surface area contributed by atoms with Crippen LogP contribution in [0.2, 0.25) is 0 Å². The largest absolute Gasteiger partial charge is 0.286 e. The second-order valence-corrected chi connectivity index (χ2v) is 4.76. The minimum absolute atomic E-state index is 0.00567. The number of nitrogens with one attached hydrogen (secondary N) is 1. The van der Waals surface area contributed by atoms with E-state index in [4.69, 9.17) is 0 Å². The number of carbonyl (C=O) groups is 1. The van der Waals surface area contributed by atoms with Crippen LogP contribution in [-0.4, -0.2) is 35.1 Å². The molecule has 84 valence electrons. The minimum atomic E-state index is -3.54. The summed E-state index contributed by atoms with van der Waals surface area (Å²) in [5.74, 6) is -0.905. The average Bonchev–Trinajstić information content (AvgIpc) is 2.65. The predicted octanol–water partition coefficient (Wildman–Crippen LogP) is -0.623. The van der Waals surface area contributed by atoms with Crippen molar-refractivity contribution in [1.29, 1.82) is 0 Å². The maximum absolute atomic E-state index is 11.3. The Balaban J connectivity index is 2.78. The third kappa shape index (κ3) is 3.01. The van der Waals surface area contributed by atoms with Gasteiger partial charge in [0.2, 0.25) is 10.0 Å². The predicted molar refractivity (Wildman–Crippen MR) is 52.6 cm³/mol. The molecule has 8 heteroatoms. The number of amides is 1. The molecule has 0 bridgehead atoms. The molecule has 0 atom stereocenters. The summed E-state index contributed by atoms with van der Waals surface area (Å²) in [7, 11) is -3.54. The van der Waals surface area contributed by atoms with E-state index in [0.717, 1.165) is 0 Å². The zero-order valence-corrected chi connectivity index (χ0v) is 9.28. The van der Waals surface area contributed by atoms with Crippen molar-refractivity contribution >= 4 is 15.9 Å². The molecule has 0 aliphatic heterocycles. The lowest BCUT2D eigenvalue weighted by atomic mass is 10.5. The molecule has 1 N–H and O–H groups in total. The summed E-state index contributed by atoms with van der Waals surface area (Å²) in [5.41, 5.74) is -0.00567. The van der Waals surface area contributed by atoms with Crippen LogP contribution in [-0.2, 0) is 16.6 Å². The summed E-state index contributed by atoms with van der Waals surface area (Å²) < 4.78 is 24.0. The van der Waals surface area contributed by atoms with Gasteiger partial charge >= 0.3 is 0 Å². The molecule has 1 rings (SSSR count). The van der Waals surface area contributed by atoms with Gasteiger partial charge in [0.15, 0.2) is 5.69 Å². The minimum Gasteiger partial charge on any atom is -0.266 e. The van der Waals surface area contributed by atoms with Gasteiger partial charge in [0.25, 0.3) is 5.91 Å². The maximum Gasteiger partial charge on any atom is 0.286 e. The second kappa shape index (κ2) is 4.39. The van der Waals surface area contributed by atoms with Crippen LogP contribution >= 0.6 is 0 Å². The van der Waals surface area contributed by atoms with E-state index in [0.29, 0.717) is 6.54 Å². The fourth-order valence-corrected chi connectivity index (χ4v) is 1.35. The van der Waals surface area contributed by atoms with Crippen molar-refractivity contribution in [3.63, 3.8) is 0 Å². The first-order valence-corrected chi connectivity index (χ1v) is 6.08. The third-order valence-corrected chi connectivity index (χ3v) is 2.94. The number of rotatable bonds is 4. The SMILES string of the molecule is CCn1ncc(C(=O)NS(=O)(=O)CC)n1. The molecule has 15 heavy (non-hydrogen) atoms. The van der Waals surface area contributed by atoms with Crippen molar-refractivity contribution in [3.8, 4) is 0 Å². The number of aromatic nitrogens is 3. The fraction of sp³-hybridized carbons (Fsp3) is 0.571. The van der Waals surface area contributed by atoms with Gasteiger partial charge < -0.3 is 0 Å². The Morgan fingerprint density at radius 1 is 1.53 bits per heavy atom. The highest BCUT2D eigenvalue weighted by molar-refractivity contribution is 7.90. The van der Waals surface area contributed by atoms with Gasteiger partial charge in [-0.05, 0) is 13.8 Å². The first kappa shape index (κ1) is 11.6. The molecule has 1 heterocycles. The van der Waals surface area contributed by atoms with E-state index in [1.165, 1.54) is 17.9 Å². The van der Waals surface area contributed by atoms with E-state index < -0.39 is 15.9 Å². The zero-order valence-electron chi connectivity index (χ0n) is 8.47. The Bertz CT molecular complexity index is 451. The summed E-state index contributed by atoms with van der Waals surface area (Å²) in [5, 5.41) is 7.54. The van der Waals surface area contributed by atoms with Crippen molar-refractivity contribution in [2.45, 2.75) is 20.4 Å². The van der Waals surface area contributed by atoms with Crippen LogP contribution in [0.1, 0.15) is 24.3 Å². The van der Waals surface area contributed by atoms with Crippen molar-refractivity contribution in [2.24, 2.45) is 0 Å². The Morgan fingerprint density at radius 3 is 2.67 bits per heavy atom. The van der Waals surface area contributed by atoms with Crippen molar-refractivity contribution in [2.75, 3.05) is 5.75 Å². The Kier molecular flexibility index (Phi) is 3.40. The van der Waals surface area contributed by atoms with E-state index in [-0.39, 0.29) is 11.4 Å². The normalized spacial score (nSPS) is 11.3. The zero-order chi connectivity index (χ0) is 11.5. The molecule has 0 aliphatic rings. The summed E-state index contributed by atoms with van der Waals surface area (Å²) in [6.45, 7) is 3.77. The number of hydrogen-bond acceptors (Lipinski definition) is 5. The van der Waals surface area contributed by atoms with Crippen LogP contribution in [0.3, 0.4) is 0 Å². The summed E-state index contributed by atoms with van der Waals surface area (Å²) in [6, 6.07) is 0. The second-order valence-electron chi connectivity index (χ2n) is 2.75. The first-order chi connectivity index (χ1) is 6.98. The molecule has 7 nitrogen and oxygen atoms in total. The lowest BCUT2D eigenvalue weighted by Gasteiger charge is -2.00. The van der Waals surface area contributed by atoms with Crippen LogP contribution in [0.5, 0.6) is 0 Å². The molecular formula is C7H12N4O3S. The van der Waals surface area contributed by atoms with Crippen LogP contribution in [0, 0.1) is 0 Å². The molecule has 0 aliphatic carbocycles. The Morgan fingerprint density at radius 2 is 2.20 bits per heavy atom. The van der Waals surface area contributed by atoms with Crippen molar-refractivity contribution < 1.29 is 13.2 Å². The van der Waals surface area contributed by atoms with Crippen molar-refractivity contribution in [3.05, 3.63) is 11.9 Å². The molecule has 0 aromatic carbocycles. The first-order valence-electron chi connectivity index (χ1n) is 4.43. The lowest BCUT2D eigenvalue weighted by molar-refractivity contribution is 0.0976.